The van der Waals surface area contributed by atoms with E-state index in [1.54, 1.807) is 6.07 Å². The number of rotatable bonds is 4. The van der Waals surface area contributed by atoms with E-state index in [2.05, 4.69) is 35.2 Å². The molecular formula is C21H20FNO. The van der Waals surface area contributed by atoms with Gasteiger partial charge in [0, 0.05) is 18.6 Å². The van der Waals surface area contributed by atoms with Gasteiger partial charge in [-0.2, -0.15) is 0 Å². The van der Waals surface area contributed by atoms with E-state index < -0.39 is 5.82 Å². The molecule has 3 heteroatoms. The molecule has 2 heterocycles. The number of carbonyl (C=O) groups is 1. The van der Waals surface area contributed by atoms with E-state index in [1.165, 1.54) is 11.6 Å². The normalized spacial score (nSPS) is 23.1. The largest absolute Gasteiger partial charge is 0.298 e. The van der Waals surface area contributed by atoms with E-state index in [-0.39, 0.29) is 5.56 Å². The van der Waals surface area contributed by atoms with Crippen molar-refractivity contribution in [2.45, 2.75) is 37.9 Å². The van der Waals surface area contributed by atoms with Gasteiger partial charge in [-0.15, -0.1) is 0 Å². The lowest BCUT2D eigenvalue weighted by Crippen LogP contribution is -2.37. The smallest absolute Gasteiger partial charge is 0.153 e. The van der Waals surface area contributed by atoms with E-state index in [9.17, 15) is 9.18 Å². The molecule has 2 bridgehead atoms. The standard InChI is InChI=1S/C21H20FNO/c22-21-8-4-7-19(20(21)14-24)16-11-17-9-10-18(12-16)23(17)13-15-5-2-1-3-6-15/h1-8,11,14,17-18H,9-10,12-13H2. The average Bonchev–Trinajstić information content (AvgIpc) is 2.83. The van der Waals surface area contributed by atoms with Gasteiger partial charge in [0.15, 0.2) is 6.29 Å². The van der Waals surface area contributed by atoms with Gasteiger partial charge in [0.1, 0.15) is 5.82 Å². The highest BCUT2D eigenvalue weighted by Gasteiger charge is 2.37. The number of hydrogen-bond donors (Lipinski definition) is 0. The Morgan fingerprint density at radius 1 is 1.08 bits per heavy atom. The SMILES string of the molecule is O=Cc1c(F)cccc1C1=CC2CCC(C1)N2Cc1ccccc1. The molecular weight excluding hydrogens is 301 g/mol. The summed E-state index contributed by atoms with van der Waals surface area (Å²) in [6.45, 7) is 0.948. The van der Waals surface area contributed by atoms with E-state index in [0.717, 1.165) is 36.9 Å². The van der Waals surface area contributed by atoms with Crippen LogP contribution in [0.3, 0.4) is 0 Å². The van der Waals surface area contributed by atoms with Crippen molar-refractivity contribution >= 4 is 11.9 Å². The Labute approximate surface area is 141 Å². The van der Waals surface area contributed by atoms with Gasteiger partial charge in [-0.05, 0) is 42.0 Å². The monoisotopic (exact) mass is 321 g/mol. The second kappa shape index (κ2) is 6.33. The van der Waals surface area contributed by atoms with Crippen molar-refractivity contribution in [1.82, 2.24) is 4.90 Å². The van der Waals surface area contributed by atoms with Gasteiger partial charge in [0.25, 0.3) is 0 Å². The summed E-state index contributed by atoms with van der Waals surface area (Å²) in [6.07, 6.45) is 6.06. The Hall–Kier alpha value is -2.26. The molecule has 0 saturated carbocycles. The molecule has 2 aliphatic heterocycles. The number of halogens is 1. The van der Waals surface area contributed by atoms with E-state index >= 15 is 0 Å². The van der Waals surface area contributed by atoms with E-state index in [4.69, 9.17) is 0 Å². The van der Waals surface area contributed by atoms with E-state index in [0.29, 0.717) is 18.4 Å². The summed E-state index contributed by atoms with van der Waals surface area (Å²) in [5.74, 6) is -0.428. The average molecular weight is 321 g/mol. The van der Waals surface area contributed by atoms with Crippen LogP contribution in [0.4, 0.5) is 4.39 Å². The van der Waals surface area contributed by atoms with Crippen molar-refractivity contribution in [2.24, 2.45) is 0 Å². The Morgan fingerprint density at radius 3 is 2.67 bits per heavy atom. The van der Waals surface area contributed by atoms with Crippen LogP contribution < -0.4 is 0 Å². The maximum absolute atomic E-state index is 13.9. The van der Waals surface area contributed by atoms with Crippen molar-refractivity contribution < 1.29 is 9.18 Å². The molecule has 2 nitrogen and oxygen atoms in total. The van der Waals surface area contributed by atoms with Crippen LogP contribution >= 0.6 is 0 Å². The first-order chi connectivity index (χ1) is 11.8. The lowest BCUT2D eigenvalue weighted by atomic mass is 9.91. The highest BCUT2D eigenvalue weighted by molar-refractivity contribution is 5.86. The molecule has 0 spiro atoms. The minimum atomic E-state index is -0.428. The zero-order valence-electron chi connectivity index (χ0n) is 13.5. The van der Waals surface area contributed by atoms with Crippen LogP contribution in [0.25, 0.3) is 5.57 Å². The maximum atomic E-state index is 13.9. The fraction of sp³-hybridized carbons (Fsp3) is 0.286. The molecule has 0 radical (unpaired) electrons. The van der Waals surface area contributed by atoms with Gasteiger partial charge >= 0.3 is 0 Å². The number of carbonyl (C=O) groups excluding carboxylic acids is 1. The van der Waals surface area contributed by atoms with Crippen molar-refractivity contribution in [3.8, 4) is 0 Å². The highest BCUT2D eigenvalue weighted by atomic mass is 19.1. The molecule has 2 unspecified atom stereocenters. The quantitative estimate of drug-likeness (QED) is 0.775. The summed E-state index contributed by atoms with van der Waals surface area (Å²) in [5, 5.41) is 0. The van der Waals surface area contributed by atoms with Crippen LogP contribution in [-0.4, -0.2) is 23.3 Å². The van der Waals surface area contributed by atoms with Crippen LogP contribution in [0.15, 0.2) is 54.6 Å². The van der Waals surface area contributed by atoms with Crippen LogP contribution in [-0.2, 0) is 6.54 Å². The second-order valence-corrected chi connectivity index (χ2v) is 6.67. The summed E-state index contributed by atoms with van der Waals surface area (Å²) >= 11 is 0. The lowest BCUT2D eigenvalue weighted by Gasteiger charge is -2.34. The summed E-state index contributed by atoms with van der Waals surface area (Å²) in [7, 11) is 0. The third-order valence-electron chi connectivity index (χ3n) is 5.26. The zero-order valence-corrected chi connectivity index (χ0v) is 13.5. The van der Waals surface area contributed by atoms with Gasteiger partial charge < -0.3 is 0 Å². The highest BCUT2D eigenvalue weighted by Crippen LogP contribution is 2.40. The van der Waals surface area contributed by atoms with Gasteiger partial charge in [-0.1, -0.05) is 48.5 Å². The van der Waals surface area contributed by atoms with E-state index in [1.807, 2.05) is 12.1 Å². The van der Waals surface area contributed by atoms with Crippen LogP contribution in [0.2, 0.25) is 0 Å². The summed E-state index contributed by atoms with van der Waals surface area (Å²) in [5.41, 5.74) is 3.40. The minimum absolute atomic E-state index is 0.194. The van der Waals surface area contributed by atoms with Crippen molar-refractivity contribution in [3.63, 3.8) is 0 Å². The van der Waals surface area contributed by atoms with Gasteiger partial charge in [-0.25, -0.2) is 4.39 Å². The third-order valence-corrected chi connectivity index (χ3v) is 5.26. The summed E-state index contributed by atoms with van der Waals surface area (Å²) in [6, 6.07) is 16.3. The summed E-state index contributed by atoms with van der Waals surface area (Å²) in [4.78, 5) is 13.8. The third kappa shape index (κ3) is 2.69. The van der Waals surface area contributed by atoms with Crippen molar-refractivity contribution in [1.29, 1.82) is 0 Å². The molecule has 1 fully saturated rings. The first-order valence-electron chi connectivity index (χ1n) is 8.50. The second-order valence-electron chi connectivity index (χ2n) is 6.67. The molecule has 122 valence electrons. The van der Waals surface area contributed by atoms with Crippen molar-refractivity contribution in [2.75, 3.05) is 0 Å². The van der Waals surface area contributed by atoms with Crippen LogP contribution in [0.1, 0.15) is 40.7 Å². The first-order valence-corrected chi connectivity index (χ1v) is 8.50. The molecule has 0 aliphatic carbocycles. The predicted molar refractivity (Wildman–Crippen MR) is 93.2 cm³/mol. The molecule has 2 atom stereocenters. The maximum Gasteiger partial charge on any atom is 0.153 e. The molecule has 0 amide bonds. The fourth-order valence-corrected chi connectivity index (χ4v) is 4.10. The first kappa shape index (κ1) is 15.3. The fourth-order valence-electron chi connectivity index (χ4n) is 4.10. The number of hydrogen-bond acceptors (Lipinski definition) is 2. The number of fused-ring (bicyclic) bond motifs is 2. The number of aldehydes is 1. The molecule has 2 aromatic rings. The minimum Gasteiger partial charge on any atom is -0.298 e. The van der Waals surface area contributed by atoms with Gasteiger partial charge in [0.05, 0.1) is 5.56 Å². The van der Waals surface area contributed by atoms with Gasteiger partial charge in [0.2, 0.25) is 0 Å². The lowest BCUT2D eigenvalue weighted by molar-refractivity contribution is 0.111. The van der Waals surface area contributed by atoms with Crippen LogP contribution in [0.5, 0.6) is 0 Å². The van der Waals surface area contributed by atoms with Crippen LogP contribution in [0, 0.1) is 5.82 Å². The number of nitrogens with zero attached hydrogens (tertiary/aromatic N) is 1. The van der Waals surface area contributed by atoms with Crippen molar-refractivity contribution in [3.05, 3.63) is 77.1 Å². The molecule has 2 aromatic carbocycles. The number of benzene rings is 2. The topological polar surface area (TPSA) is 20.3 Å². The Balaban J connectivity index is 1.63. The molecule has 0 N–H and O–H groups in total. The zero-order chi connectivity index (χ0) is 16.5. The molecule has 2 aliphatic rings. The Bertz CT molecular complexity index is 784. The van der Waals surface area contributed by atoms with Gasteiger partial charge in [-0.3, -0.25) is 9.69 Å². The summed E-state index contributed by atoms with van der Waals surface area (Å²) < 4.78 is 13.9. The molecule has 1 saturated heterocycles. The molecule has 0 aromatic heterocycles. The predicted octanol–water partition coefficient (Wildman–Crippen LogP) is 4.46. The molecule has 4 rings (SSSR count). The molecule has 24 heavy (non-hydrogen) atoms. The Morgan fingerprint density at radius 2 is 1.92 bits per heavy atom. The Kier molecular flexibility index (Phi) is 4.03.